The molecule has 0 amide bonds. The summed E-state index contributed by atoms with van der Waals surface area (Å²) in [5.41, 5.74) is 0. The van der Waals surface area contributed by atoms with Crippen molar-refractivity contribution >= 4 is 75.4 Å². The minimum atomic E-state index is -5.04. The van der Waals surface area contributed by atoms with Gasteiger partial charge in [0, 0.05) is 0 Å². The Labute approximate surface area is 388 Å². The van der Waals surface area contributed by atoms with Gasteiger partial charge in [-0.2, -0.15) is 0 Å². The van der Waals surface area contributed by atoms with Gasteiger partial charge in [0.25, 0.3) is 0 Å². The van der Waals surface area contributed by atoms with Crippen molar-refractivity contribution in [1.82, 2.24) is 0 Å². The van der Waals surface area contributed by atoms with Gasteiger partial charge in [0.2, 0.25) is 0 Å². The second kappa shape index (κ2) is 43.5. The average molecular weight is 996 g/mol. The zero-order chi connectivity index (χ0) is 43.7. The van der Waals surface area contributed by atoms with Crippen molar-refractivity contribution in [2.45, 2.75) is 257 Å². The number of rotatable bonds is 45. The Morgan fingerprint density at radius 3 is 0.678 bits per heavy atom. The fraction of sp³-hybridized carbons (Fsp3) is 0.939. The molecule has 3 atom stereocenters. The molecule has 0 spiro atoms. The van der Waals surface area contributed by atoms with Gasteiger partial charge in [-0.1, -0.05) is 78.6 Å². The van der Waals surface area contributed by atoms with Gasteiger partial charge in [-0.15, -0.1) is 0 Å². The standard InChI is InChI=1S/3C16H32O2S.CH3.Sn/c3*1-2-3-4-5-6-7-8-9-10-11-12-13-15(14-19)16(17)18;;/h3*15,19H,2-14H2,1H3,(H,17,18);1H3;/q;;;;+3/p-3. The average Bonchev–Trinajstić information content (AvgIpc) is 3.21. The number of carbonyl (C=O) groups excluding carboxylic acids is 3. The topological polar surface area (TPSA) is 78.9 Å². The molecule has 0 saturated heterocycles. The van der Waals surface area contributed by atoms with Crippen LogP contribution in [0.25, 0.3) is 0 Å². The zero-order valence-electron chi connectivity index (χ0n) is 39.1. The molecule has 0 N–H and O–H groups in total. The van der Waals surface area contributed by atoms with E-state index >= 15 is 0 Å². The van der Waals surface area contributed by atoms with Gasteiger partial charge in [0.05, 0.1) is 0 Å². The smallest absolute Gasteiger partial charge is 0.0654 e. The van der Waals surface area contributed by atoms with Gasteiger partial charge in [0.1, 0.15) is 0 Å². The summed E-state index contributed by atoms with van der Waals surface area (Å²) in [6.45, 7) is 6.76. The van der Waals surface area contributed by atoms with Crippen molar-refractivity contribution in [2.75, 3.05) is 17.3 Å². The van der Waals surface area contributed by atoms with Crippen molar-refractivity contribution in [1.29, 1.82) is 0 Å². The summed E-state index contributed by atoms with van der Waals surface area (Å²) in [5, 5.41) is 0. The van der Waals surface area contributed by atoms with Crippen molar-refractivity contribution in [3.8, 4) is 0 Å². The first-order valence-corrected chi connectivity index (χ1v) is 33.5. The molecular weight excluding hydrogens is 899 g/mol. The van der Waals surface area contributed by atoms with Crippen LogP contribution in [0.1, 0.15) is 252 Å². The van der Waals surface area contributed by atoms with Crippen LogP contribution in [0.2, 0.25) is 4.94 Å². The predicted molar refractivity (Wildman–Crippen MR) is 265 cm³/mol. The Hall–Kier alpha value is 0.259. The van der Waals surface area contributed by atoms with E-state index < -0.39 is 55.3 Å². The zero-order valence-corrected chi connectivity index (χ0v) is 44.6. The van der Waals surface area contributed by atoms with Crippen LogP contribution in [0.5, 0.6) is 0 Å². The van der Waals surface area contributed by atoms with Crippen molar-refractivity contribution in [3.63, 3.8) is 0 Å². The van der Waals surface area contributed by atoms with Gasteiger partial charge in [-0.3, -0.25) is 0 Å². The Bertz CT molecular complexity index is 855. The monoisotopic (exact) mass is 997 g/mol. The molecule has 0 fully saturated rings. The molecule has 350 valence electrons. The number of thiol groups is 3. The molecule has 0 aliphatic rings. The quantitative estimate of drug-likeness (QED) is 0.0321. The van der Waals surface area contributed by atoms with Crippen LogP contribution < -0.4 is 0 Å². The van der Waals surface area contributed by atoms with Gasteiger partial charge < -0.3 is 0 Å². The fourth-order valence-corrected chi connectivity index (χ4v) is 13.8. The van der Waals surface area contributed by atoms with Crippen molar-refractivity contribution < 1.29 is 23.6 Å². The molecule has 3 unspecified atom stereocenters. The summed E-state index contributed by atoms with van der Waals surface area (Å²) in [6.07, 6.45) is 42.7. The first-order chi connectivity index (χ1) is 28.7. The van der Waals surface area contributed by atoms with E-state index in [1.807, 2.05) is 0 Å². The summed E-state index contributed by atoms with van der Waals surface area (Å²) >= 11 is 8.51. The molecule has 0 aliphatic carbocycles. The van der Waals surface area contributed by atoms with Crippen LogP contribution in [0.3, 0.4) is 0 Å². The van der Waals surface area contributed by atoms with Gasteiger partial charge in [-0.25, -0.2) is 0 Å². The molecule has 0 saturated carbocycles. The Morgan fingerprint density at radius 2 is 0.508 bits per heavy atom. The number of hydrogen-bond donors (Lipinski definition) is 3. The number of hydrogen-bond acceptors (Lipinski definition) is 9. The molecular formula is C49H96O6S3Sn. The molecule has 10 heteroatoms. The summed E-state index contributed by atoms with van der Waals surface area (Å²) in [7, 11) is 0. The minimum absolute atomic E-state index is 0.330. The molecule has 0 aromatic heterocycles. The summed E-state index contributed by atoms with van der Waals surface area (Å²) < 4.78 is 18.2. The third-order valence-electron chi connectivity index (χ3n) is 12.0. The second-order valence-electron chi connectivity index (χ2n) is 17.7. The van der Waals surface area contributed by atoms with E-state index in [0.29, 0.717) is 36.5 Å². The summed E-state index contributed by atoms with van der Waals surface area (Å²) in [5.74, 6) is -1.74. The third kappa shape index (κ3) is 35.3. The second-order valence-corrected chi connectivity index (χ2v) is 25.5. The number of carbonyl (C=O) groups is 3. The van der Waals surface area contributed by atoms with E-state index in [4.69, 9.17) is 9.22 Å². The van der Waals surface area contributed by atoms with Gasteiger partial charge in [-0.05, 0) is 0 Å². The van der Waals surface area contributed by atoms with Crippen LogP contribution in [0, 0.1) is 17.8 Å². The molecule has 59 heavy (non-hydrogen) atoms. The van der Waals surface area contributed by atoms with Crippen LogP contribution in [0.4, 0.5) is 0 Å². The maximum absolute atomic E-state index is 13.7. The molecule has 0 bridgehead atoms. The van der Waals surface area contributed by atoms with Crippen LogP contribution in [-0.4, -0.2) is 54.8 Å². The molecule has 0 aliphatic heterocycles. The Kier molecular flexibility index (Phi) is 43.7. The molecule has 0 heterocycles. The van der Waals surface area contributed by atoms with Crippen LogP contribution in [0.15, 0.2) is 0 Å². The van der Waals surface area contributed by atoms with E-state index in [2.05, 4.69) is 58.7 Å². The molecule has 0 rings (SSSR count). The molecule has 0 aromatic carbocycles. The molecule has 0 aromatic rings. The van der Waals surface area contributed by atoms with E-state index in [1.54, 1.807) is 4.94 Å². The maximum atomic E-state index is 13.7. The van der Waals surface area contributed by atoms with E-state index in [9.17, 15) is 14.4 Å². The third-order valence-corrected chi connectivity index (χ3v) is 18.2. The minimum Gasteiger partial charge on any atom is -0.0654 e. The summed E-state index contributed by atoms with van der Waals surface area (Å²) in [4.78, 5) is 42.6. The van der Waals surface area contributed by atoms with Gasteiger partial charge in [0.15, 0.2) is 0 Å². The Morgan fingerprint density at radius 1 is 0.339 bits per heavy atom. The van der Waals surface area contributed by atoms with E-state index in [1.165, 1.54) is 154 Å². The van der Waals surface area contributed by atoms with E-state index in [-0.39, 0.29) is 0 Å². The first kappa shape index (κ1) is 59.3. The number of unbranched alkanes of at least 4 members (excludes halogenated alkanes) is 30. The normalized spacial score (nSPS) is 14.1. The molecule has 6 nitrogen and oxygen atoms in total. The van der Waals surface area contributed by atoms with Crippen molar-refractivity contribution in [2.24, 2.45) is 17.8 Å². The Balaban J connectivity index is 5.23. The predicted octanol–water partition coefficient (Wildman–Crippen LogP) is 15.9. The van der Waals surface area contributed by atoms with Crippen molar-refractivity contribution in [3.05, 3.63) is 0 Å². The van der Waals surface area contributed by atoms with Crippen LogP contribution >= 0.6 is 37.9 Å². The fourth-order valence-electron chi connectivity index (χ4n) is 7.88. The summed E-state index contributed by atoms with van der Waals surface area (Å²) in [6, 6.07) is 0. The SMILES string of the molecule is CCCCCCCCCCCCCC(CS)C(=O)[O][Sn]([CH3])([O]C(=O)C(CS)CCCCCCCCCCCCC)[O]C(=O)C(CS)CCCCCCCCCCCCC. The first-order valence-electron chi connectivity index (χ1n) is 25.2. The van der Waals surface area contributed by atoms with Crippen LogP contribution in [-0.2, 0) is 23.6 Å². The van der Waals surface area contributed by atoms with Gasteiger partial charge >= 0.3 is 312 Å². The van der Waals surface area contributed by atoms with E-state index in [0.717, 1.165) is 57.8 Å². The molecule has 0 radical (unpaired) electrons.